The van der Waals surface area contributed by atoms with Crippen LogP contribution >= 0.6 is 34.8 Å². The Morgan fingerprint density at radius 3 is 2.35 bits per heavy atom. The van der Waals surface area contributed by atoms with E-state index in [1.54, 1.807) is 0 Å². The first kappa shape index (κ1) is 13.2. The van der Waals surface area contributed by atoms with Crippen LogP contribution in [0.5, 0.6) is 0 Å². The van der Waals surface area contributed by atoms with Crippen molar-refractivity contribution in [2.45, 2.75) is 0 Å². The average molecular weight is 333 g/mol. The number of benzene rings is 1. The number of fused-ring (bicyclic) bond motifs is 1. The average Bonchev–Trinajstić information content (AvgIpc) is 2.80. The van der Waals surface area contributed by atoms with E-state index >= 15 is 0 Å². The molecule has 0 aliphatic heterocycles. The maximum Gasteiger partial charge on any atom is 0.334 e. The van der Waals surface area contributed by atoms with Crippen LogP contribution in [0.3, 0.4) is 0 Å². The summed E-state index contributed by atoms with van der Waals surface area (Å²) < 4.78 is 0.784. The Labute approximate surface area is 125 Å². The molecule has 0 aliphatic carbocycles. The Morgan fingerprint density at radius 2 is 1.70 bits per heavy atom. The molecule has 0 spiro atoms. The minimum Gasteiger partial charge on any atom is -0.288 e. The molecule has 1 aromatic carbocycles. The molecular weight excluding hydrogens is 329 g/mol. The quantitative estimate of drug-likeness (QED) is 0.709. The second-order valence-corrected chi connectivity index (χ2v) is 5.06. The topological polar surface area (TPSA) is 96.4 Å². The zero-order chi connectivity index (χ0) is 14.4. The number of nitrogens with one attached hydrogen (secondary N) is 2. The lowest BCUT2D eigenvalue weighted by Crippen LogP contribution is -2.34. The van der Waals surface area contributed by atoms with Crippen molar-refractivity contribution in [1.82, 2.24) is 25.0 Å². The minimum atomic E-state index is -0.734. The van der Waals surface area contributed by atoms with E-state index in [1.165, 1.54) is 12.1 Å². The van der Waals surface area contributed by atoms with Crippen molar-refractivity contribution in [2.24, 2.45) is 0 Å². The summed E-state index contributed by atoms with van der Waals surface area (Å²) in [6.07, 6.45) is 0. The number of hydrogen-bond acceptors (Lipinski definition) is 4. The summed E-state index contributed by atoms with van der Waals surface area (Å²) >= 11 is 17.8. The number of aromatic amines is 2. The second kappa shape index (κ2) is 4.62. The minimum absolute atomic E-state index is 0.0355. The van der Waals surface area contributed by atoms with Gasteiger partial charge in [0.1, 0.15) is 0 Å². The smallest absolute Gasteiger partial charge is 0.288 e. The molecular formula is C10H4Cl3N5O2. The molecule has 0 aliphatic rings. The van der Waals surface area contributed by atoms with Crippen LogP contribution < -0.4 is 11.2 Å². The lowest BCUT2D eigenvalue weighted by atomic mass is 10.3. The van der Waals surface area contributed by atoms with Gasteiger partial charge in [-0.05, 0) is 12.1 Å². The van der Waals surface area contributed by atoms with E-state index in [0.29, 0.717) is 0 Å². The Bertz CT molecular complexity index is 919. The Balaban J connectivity index is 2.47. The molecule has 2 aromatic heterocycles. The molecule has 20 heavy (non-hydrogen) atoms. The van der Waals surface area contributed by atoms with Gasteiger partial charge in [0.25, 0.3) is 5.56 Å². The van der Waals surface area contributed by atoms with Crippen LogP contribution in [-0.2, 0) is 0 Å². The fourth-order valence-electron chi connectivity index (χ4n) is 1.77. The highest BCUT2D eigenvalue weighted by Gasteiger charge is 2.17. The van der Waals surface area contributed by atoms with Crippen molar-refractivity contribution >= 4 is 46.0 Å². The van der Waals surface area contributed by atoms with Crippen LogP contribution in [0, 0.1) is 0 Å². The van der Waals surface area contributed by atoms with Crippen molar-refractivity contribution in [2.75, 3.05) is 0 Å². The van der Waals surface area contributed by atoms with Gasteiger partial charge < -0.3 is 0 Å². The lowest BCUT2D eigenvalue weighted by molar-refractivity contribution is 0.896. The monoisotopic (exact) mass is 331 g/mol. The predicted octanol–water partition coefficient (Wildman–Crippen LogP) is 1.76. The number of H-pyrrole nitrogens is 2. The maximum atomic E-state index is 12.3. The number of aromatic nitrogens is 5. The fraction of sp³-hybridized carbons (Fsp3) is 0. The second-order valence-electron chi connectivity index (χ2n) is 3.81. The first-order chi connectivity index (χ1) is 9.49. The summed E-state index contributed by atoms with van der Waals surface area (Å²) in [7, 11) is 0. The maximum absolute atomic E-state index is 12.3. The SMILES string of the molecule is O=c1[nH]c2n[nH]nc2c(=O)n1-c1c(Cl)cc(Cl)cc1Cl. The summed E-state index contributed by atoms with van der Waals surface area (Å²) in [6.45, 7) is 0. The molecule has 0 amide bonds. The Kier molecular flexibility index (Phi) is 3.04. The van der Waals surface area contributed by atoms with Gasteiger partial charge in [0.15, 0.2) is 11.2 Å². The van der Waals surface area contributed by atoms with Gasteiger partial charge in [0, 0.05) is 5.02 Å². The largest absolute Gasteiger partial charge is 0.334 e. The zero-order valence-corrected chi connectivity index (χ0v) is 11.7. The summed E-state index contributed by atoms with van der Waals surface area (Å²) in [4.78, 5) is 26.7. The molecule has 3 aromatic rings. The molecule has 2 N–H and O–H groups in total. The summed E-state index contributed by atoms with van der Waals surface area (Å²) in [6, 6.07) is 2.76. The van der Waals surface area contributed by atoms with Crippen LogP contribution in [0.15, 0.2) is 21.7 Å². The number of rotatable bonds is 1. The molecule has 7 nitrogen and oxygen atoms in total. The summed E-state index contributed by atoms with van der Waals surface area (Å²) in [5.74, 6) is 0. The van der Waals surface area contributed by atoms with Gasteiger partial charge in [-0.15, -0.1) is 10.2 Å². The highest BCUT2D eigenvalue weighted by Crippen LogP contribution is 2.30. The predicted molar refractivity (Wildman–Crippen MR) is 75.1 cm³/mol. The van der Waals surface area contributed by atoms with Gasteiger partial charge >= 0.3 is 5.69 Å². The van der Waals surface area contributed by atoms with Gasteiger partial charge in [-0.3, -0.25) is 9.78 Å². The fourth-order valence-corrected chi connectivity index (χ4v) is 2.76. The van der Waals surface area contributed by atoms with Gasteiger partial charge in [-0.2, -0.15) is 5.21 Å². The molecule has 0 unspecified atom stereocenters. The van der Waals surface area contributed by atoms with Crippen molar-refractivity contribution < 1.29 is 0 Å². The van der Waals surface area contributed by atoms with Gasteiger partial charge in [0.05, 0.1) is 15.7 Å². The molecule has 0 saturated heterocycles. The number of nitrogens with zero attached hydrogens (tertiary/aromatic N) is 3. The summed E-state index contributed by atoms with van der Waals surface area (Å²) in [5.41, 5.74) is -1.37. The highest BCUT2D eigenvalue weighted by atomic mass is 35.5. The third-order valence-corrected chi connectivity index (χ3v) is 3.38. The number of halogens is 3. The molecule has 10 heteroatoms. The van der Waals surface area contributed by atoms with E-state index in [0.717, 1.165) is 4.57 Å². The summed E-state index contributed by atoms with van der Waals surface area (Å²) in [5, 5.41) is 9.99. The standard InChI is InChI=1S/C10H4Cl3N5O2/c11-3-1-4(12)7(5(13)2-3)18-9(19)6-8(14-10(18)20)16-17-15-6/h1-2H,(H2,14,15,16,17,20). The highest BCUT2D eigenvalue weighted by molar-refractivity contribution is 6.40. The van der Waals surface area contributed by atoms with Crippen molar-refractivity contribution in [1.29, 1.82) is 0 Å². The van der Waals surface area contributed by atoms with Crippen LogP contribution in [0.1, 0.15) is 0 Å². The van der Waals surface area contributed by atoms with E-state index in [-0.39, 0.29) is 31.9 Å². The van der Waals surface area contributed by atoms with E-state index < -0.39 is 11.2 Å². The first-order valence-corrected chi connectivity index (χ1v) is 6.33. The van der Waals surface area contributed by atoms with Gasteiger partial charge in [-0.1, -0.05) is 34.8 Å². The normalized spacial score (nSPS) is 11.2. The molecule has 0 saturated carbocycles. The van der Waals surface area contributed by atoms with Crippen molar-refractivity contribution in [3.63, 3.8) is 0 Å². The third kappa shape index (κ3) is 1.91. The van der Waals surface area contributed by atoms with Crippen molar-refractivity contribution in [3.8, 4) is 5.69 Å². The van der Waals surface area contributed by atoms with Crippen LogP contribution in [-0.4, -0.2) is 25.0 Å². The molecule has 0 atom stereocenters. The van der Waals surface area contributed by atoms with Gasteiger partial charge in [-0.25, -0.2) is 9.36 Å². The molecule has 0 fully saturated rings. The van der Waals surface area contributed by atoms with E-state index in [9.17, 15) is 9.59 Å². The zero-order valence-electron chi connectivity index (χ0n) is 9.45. The third-order valence-electron chi connectivity index (χ3n) is 2.59. The van der Waals surface area contributed by atoms with Crippen LogP contribution in [0.4, 0.5) is 0 Å². The van der Waals surface area contributed by atoms with E-state index in [1.807, 2.05) is 0 Å². The molecule has 2 heterocycles. The first-order valence-electron chi connectivity index (χ1n) is 5.20. The van der Waals surface area contributed by atoms with Gasteiger partial charge in [0.2, 0.25) is 0 Å². The van der Waals surface area contributed by atoms with Crippen LogP contribution in [0.2, 0.25) is 15.1 Å². The molecule has 3 rings (SSSR count). The number of hydrogen-bond donors (Lipinski definition) is 2. The molecule has 0 radical (unpaired) electrons. The van der Waals surface area contributed by atoms with E-state index in [4.69, 9.17) is 34.8 Å². The van der Waals surface area contributed by atoms with Crippen LogP contribution in [0.25, 0.3) is 16.9 Å². The molecule has 0 bridgehead atoms. The van der Waals surface area contributed by atoms with Crippen molar-refractivity contribution in [3.05, 3.63) is 48.0 Å². The Hall–Kier alpha value is -1.83. The molecule has 102 valence electrons. The lowest BCUT2D eigenvalue weighted by Gasteiger charge is -2.09. The Morgan fingerprint density at radius 1 is 1.05 bits per heavy atom. The van der Waals surface area contributed by atoms with E-state index in [2.05, 4.69) is 20.4 Å².